The molecule has 5 heteroatoms. The number of Topliss-reactive ketones (excluding diaryl/α,β-unsaturated/α-hetero) is 1. The molecule has 0 aliphatic heterocycles. The zero-order valence-electron chi connectivity index (χ0n) is 10.7. The molecule has 0 saturated heterocycles. The predicted octanol–water partition coefficient (Wildman–Crippen LogP) is 3.96. The van der Waals surface area contributed by atoms with Crippen molar-refractivity contribution in [2.45, 2.75) is 25.2 Å². The van der Waals surface area contributed by atoms with E-state index in [9.17, 15) is 14.9 Å². The van der Waals surface area contributed by atoms with Crippen LogP contribution in [0.1, 0.15) is 39.6 Å². The summed E-state index contributed by atoms with van der Waals surface area (Å²) in [4.78, 5) is 24.1. The lowest BCUT2D eigenvalue weighted by Gasteiger charge is -2.21. The summed E-state index contributed by atoms with van der Waals surface area (Å²) in [6, 6.07) is 7.94. The summed E-state index contributed by atoms with van der Waals surface area (Å²) >= 11 is 1.71. The van der Waals surface area contributed by atoms with E-state index in [2.05, 4.69) is 0 Å². The lowest BCUT2D eigenvalue weighted by Crippen LogP contribution is -2.17. The van der Waals surface area contributed by atoms with Gasteiger partial charge in [0.2, 0.25) is 0 Å². The van der Waals surface area contributed by atoms with Crippen molar-refractivity contribution in [2.24, 2.45) is 0 Å². The van der Waals surface area contributed by atoms with E-state index in [0.29, 0.717) is 5.56 Å². The Morgan fingerprint density at radius 3 is 2.70 bits per heavy atom. The molecule has 1 aromatic carbocycles. The minimum atomic E-state index is -0.453. The number of fused-ring (bicyclic) bond motifs is 1. The van der Waals surface area contributed by atoms with Gasteiger partial charge in [-0.1, -0.05) is 0 Å². The quantitative estimate of drug-likeness (QED) is 0.487. The topological polar surface area (TPSA) is 60.2 Å². The minimum absolute atomic E-state index is 0.0152. The molecule has 1 unspecified atom stereocenters. The van der Waals surface area contributed by atoms with Crippen LogP contribution in [0.25, 0.3) is 0 Å². The zero-order chi connectivity index (χ0) is 14.1. The van der Waals surface area contributed by atoms with Crippen molar-refractivity contribution in [1.82, 2.24) is 0 Å². The van der Waals surface area contributed by atoms with Gasteiger partial charge in [0.15, 0.2) is 5.78 Å². The summed E-state index contributed by atoms with van der Waals surface area (Å²) in [5.41, 5.74) is 1.71. The molecule has 0 N–H and O–H groups in total. The number of rotatable bonds is 3. The number of thiophene rings is 1. The van der Waals surface area contributed by atoms with E-state index in [1.807, 2.05) is 11.4 Å². The highest BCUT2D eigenvalue weighted by atomic mass is 32.1. The number of hydrogen-bond donors (Lipinski definition) is 0. The monoisotopic (exact) mass is 287 g/mol. The van der Waals surface area contributed by atoms with Crippen molar-refractivity contribution in [3.05, 3.63) is 61.8 Å². The van der Waals surface area contributed by atoms with Gasteiger partial charge < -0.3 is 0 Å². The SMILES string of the molecule is O=C(c1ccc([N+](=O)[O-])cc1)C1CCCc2sccc21. The fourth-order valence-electron chi connectivity index (χ4n) is 2.71. The molecule has 0 spiro atoms. The second kappa shape index (κ2) is 5.17. The van der Waals surface area contributed by atoms with Crippen molar-refractivity contribution in [2.75, 3.05) is 0 Å². The molecule has 1 heterocycles. The van der Waals surface area contributed by atoms with Gasteiger partial charge in [0.25, 0.3) is 5.69 Å². The molecule has 1 aliphatic carbocycles. The molecule has 0 radical (unpaired) electrons. The normalized spacial score (nSPS) is 17.5. The second-order valence-electron chi connectivity index (χ2n) is 4.91. The van der Waals surface area contributed by atoms with Gasteiger partial charge in [-0.05, 0) is 48.4 Å². The van der Waals surface area contributed by atoms with Crippen LogP contribution in [0.2, 0.25) is 0 Å². The standard InChI is InChI=1S/C15H13NO3S/c17-15(10-4-6-11(7-5-10)16(18)19)13-2-1-3-14-12(13)8-9-20-14/h4-9,13H,1-3H2. The molecule has 0 amide bonds. The number of nitro groups is 1. The summed E-state index contributed by atoms with van der Waals surface area (Å²) in [5, 5.41) is 12.7. The van der Waals surface area contributed by atoms with E-state index in [4.69, 9.17) is 0 Å². The number of carbonyl (C=O) groups is 1. The Labute approximate surface area is 120 Å². The van der Waals surface area contributed by atoms with Crippen molar-refractivity contribution < 1.29 is 9.72 Å². The Hall–Kier alpha value is -2.01. The van der Waals surface area contributed by atoms with E-state index in [-0.39, 0.29) is 17.4 Å². The van der Waals surface area contributed by atoms with Crippen molar-refractivity contribution in [1.29, 1.82) is 0 Å². The van der Waals surface area contributed by atoms with E-state index < -0.39 is 4.92 Å². The molecule has 0 fully saturated rings. The van der Waals surface area contributed by atoms with Gasteiger partial charge in [0, 0.05) is 28.5 Å². The predicted molar refractivity (Wildman–Crippen MR) is 77.4 cm³/mol. The first-order valence-corrected chi connectivity index (χ1v) is 7.39. The van der Waals surface area contributed by atoms with Gasteiger partial charge in [-0.25, -0.2) is 0 Å². The molecule has 1 aliphatic rings. The lowest BCUT2D eigenvalue weighted by atomic mass is 9.82. The minimum Gasteiger partial charge on any atom is -0.293 e. The van der Waals surface area contributed by atoms with E-state index in [1.165, 1.54) is 17.0 Å². The molecule has 1 aromatic heterocycles. The fraction of sp³-hybridized carbons (Fsp3) is 0.267. The molecule has 1 atom stereocenters. The van der Waals surface area contributed by atoms with Crippen LogP contribution in [0.4, 0.5) is 5.69 Å². The van der Waals surface area contributed by atoms with Crippen LogP contribution in [0, 0.1) is 10.1 Å². The first-order chi connectivity index (χ1) is 9.66. The maximum absolute atomic E-state index is 12.6. The number of benzene rings is 1. The fourth-order valence-corrected chi connectivity index (χ4v) is 3.69. The number of nitrogens with zero attached hydrogens (tertiary/aromatic N) is 1. The summed E-state index contributed by atoms with van der Waals surface area (Å²) in [7, 11) is 0. The Bertz CT molecular complexity index is 660. The highest BCUT2D eigenvalue weighted by Crippen LogP contribution is 2.37. The molecule has 0 saturated carbocycles. The number of aryl methyl sites for hydroxylation is 1. The van der Waals surface area contributed by atoms with E-state index >= 15 is 0 Å². The molecular formula is C15H13NO3S. The summed E-state index contributed by atoms with van der Waals surface area (Å²) in [6.45, 7) is 0. The van der Waals surface area contributed by atoms with Crippen LogP contribution in [0.5, 0.6) is 0 Å². The highest BCUT2D eigenvalue weighted by molar-refractivity contribution is 7.10. The third kappa shape index (κ3) is 2.25. The maximum Gasteiger partial charge on any atom is 0.269 e. The number of ketones is 1. The highest BCUT2D eigenvalue weighted by Gasteiger charge is 2.28. The smallest absolute Gasteiger partial charge is 0.269 e. The zero-order valence-corrected chi connectivity index (χ0v) is 11.6. The number of non-ortho nitro benzene ring substituents is 1. The van der Waals surface area contributed by atoms with Gasteiger partial charge in [0.05, 0.1) is 4.92 Å². The van der Waals surface area contributed by atoms with Crippen LogP contribution in [-0.2, 0) is 6.42 Å². The lowest BCUT2D eigenvalue weighted by molar-refractivity contribution is -0.384. The first kappa shape index (κ1) is 13.0. The third-order valence-corrected chi connectivity index (χ3v) is 4.73. The largest absolute Gasteiger partial charge is 0.293 e. The molecule has 0 bridgehead atoms. The summed E-state index contributed by atoms with van der Waals surface area (Å²) < 4.78 is 0. The average molecular weight is 287 g/mol. The van der Waals surface area contributed by atoms with Gasteiger partial charge in [0.1, 0.15) is 0 Å². The van der Waals surface area contributed by atoms with Crippen LogP contribution < -0.4 is 0 Å². The number of hydrogen-bond acceptors (Lipinski definition) is 4. The van der Waals surface area contributed by atoms with Crippen LogP contribution >= 0.6 is 11.3 Å². The molecule has 102 valence electrons. The average Bonchev–Trinajstić information content (AvgIpc) is 2.95. The summed E-state index contributed by atoms with van der Waals surface area (Å²) in [5.74, 6) is -0.0225. The Kier molecular flexibility index (Phi) is 3.36. The van der Waals surface area contributed by atoms with E-state index in [1.54, 1.807) is 23.5 Å². The molecule has 2 aromatic rings. The Balaban J connectivity index is 1.89. The number of nitro benzene ring substituents is 1. The van der Waals surface area contributed by atoms with Crippen LogP contribution in [0.3, 0.4) is 0 Å². The second-order valence-corrected chi connectivity index (χ2v) is 5.91. The molecule has 4 nitrogen and oxygen atoms in total. The van der Waals surface area contributed by atoms with Crippen molar-refractivity contribution in [3.8, 4) is 0 Å². The van der Waals surface area contributed by atoms with Gasteiger partial charge in [-0.2, -0.15) is 0 Å². The maximum atomic E-state index is 12.6. The van der Waals surface area contributed by atoms with E-state index in [0.717, 1.165) is 24.8 Å². The number of carbonyl (C=O) groups excluding carboxylic acids is 1. The molecular weight excluding hydrogens is 274 g/mol. The third-order valence-electron chi connectivity index (χ3n) is 3.73. The Morgan fingerprint density at radius 1 is 1.25 bits per heavy atom. The Morgan fingerprint density at radius 2 is 2.00 bits per heavy atom. The van der Waals surface area contributed by atoms with Gasteiger partial charge >= 0.3 is 0 Å². The van der Waals surface area contributed by atoms with Crippen molar-refractivity contribution in [3.63, 3.8) is 0 Å². The van der Waals surface area contributed by atoms with Crippen molar-refractivity contribution >= 4 is 22.8 Å². The molecule has 20 heavy (non-hydrogen) atoms. The van der Waals surface area contributed by atoms with Crippen LogP contribution in [-0.4, -0.2) is 10.7 Å². The van der Waals surface area contributed by atoms with Gasteiger partial charge in [-0.3, -0.25) is 14.9 Å². The van der Waals surface area contributed by atoms with Gasteiger partial charge in [-0.15, -0.1) is 11.3 Å². The molecule has 3 rings (SSSR count). The summed E-state index contributed by atoms with van der Waals surface area (Å²) in [6.07, 6.45) is 2.94. The first-order valence-electron chi connectivity index (χ1n) is 6.52. The van der Waals surface area contributed by atoms with Crippen LogP contribution in [0.15, 0.2) is 35.7 Å².